The molecule has 0 aromatic heterocycles. The molecule has 1 heterocycles. The second-order valence-electron chi connectivity index (χ2n) is 9.47. The van der Waals surface area contributed by atoms with Crippen LogP contribution in [0.2, 0.25) is 5.02 Å². The van der Waals surface area contributed by atoms with Gasteiger partial charge in [0, 0.05) is 44.9 Å². The number of piperazine rings is 1. The maximum atomic E-state index is 11.9. The minimum Gasteiger partial charge on any atom is -0.491 e. The lowest BCUT2D eigenvalue weighted by molar-refractivity contribution is 0.0103. The van der Waals surface area contributed by atoms with Gasteiger partial charge in [0.25, 0.3) is 5.91 Å². The van der Waals surface area contributed by atoms with Gasteiger partial charge in [-0.2, -0.15) is 0 Å². The van der Waals surface area contributed by atoms with E-state index < -0.39 is 5.60 Å². The first-order valence-corrected chi connectivity index (χ1v) is 12.8. The number of nitrogens with zero attached hydrogens (tertiary/aromatic N) is 2. The van der Waals surface area contributed by atoms with Crippen molar-refractivity contribution < 1.29 is 19.7 Å². The Hall–Kier alpha value is -3.10. The molecule has 3 aromatic rings. The van der Waals surface area contributed by atoms with E-state index in [-0.39, 0.29) is 25.2 Å². The number of aliphatic hydroxyl groups excluding tert-OH is 1. The Morgan fingerprint density at radius 3 is 2.49 bits per heavy atom. The molecule has 2 atom stereocenters. The molecule has 1 amide bonds. The summed E-state index contributed by atoms with van der Waals surface area (Å²) in [7, 11) is 1.60. The Bertz CT molecular complexity index is 1190. The number of hydrogen-bond donors (Lipinski definition) is 3. The lowest BCUT2D eigenvalue weighted by Gasteiger charge is -2.45. The fraction of sp³-hybridized carbons (Fsp3) is 0.345. The van der Waals surface area contributed by atoms with Crippen LogP contribution >= 0.6 is 11.6 Å². The van der Waals surface area contributed by atoms with E-state index in [0.717, 1.165) is 24.3 Å². The van der Waals surface area contributed by atoms with Gasteiger partial charge in [0.05, 0.1) is 29.0 Å². The van der Waals surface area contributed by atoms with E-state index in [9.17, 15) is 9.90 Å². The summed E-state index contributed by atoms with van der Waals surface area (Å²) in [5.41, 5.74) is 2.32. The number of benzene rings is 3. The van der Waals surface area contributed by atoms with Gasteiger partial charge in [-0.1, -0.05) is 54.1 Å². The molecule has 0 aliphatic carbocycles. The van der Waals surface area contributed by atoms with Crippen molar-refractivity contribution in [3.63, 3.8) is 0 Å². The van der Waals surface area contributed by atoms with Crippen molar-refractivity contribution in [2.45, 2.75) is 18.6 Å². The molecule has 37 heavy (non-hydrogen) atoms. The Labute approximate surface area is 223 Å². The fourth-order valence-corrected chi connectivity index (χ4v) is 5.14. The number of nitrogens with one attached hydrogen (secondary N) is 1. The summed E-state index contributed by atoms with van der Waals surface area (Å²) in [6.07, 6.45) is 0. The van der Waals surface area contributed by atoms with Crippen LogP contribution in [-0.4, -0.2) is 67.5 Å². The van der Waals surface area contributed by atoms with Gasteiger partial charge < -0.3 is 25.2 Å². The van der Waals surface area contributed by atoms with Crippen LogP contribution in [0, 0.1) is 0 Å². The molecule has 0 saturated carbocycles. The van der Waals surface area contributed by atoms with Gasteiger partial charge in [-0.25, -0.2) is 0 Å². The van der Waals surface area contributed by atoms with Gasteiger partial charge in [-0.05, 0) is 42.3 Å². The van der Waals surface area contributed by atoms with E-state index in [1.807, 2.05) is 49.4 Å². The lowest BCUT2D eigenvalue weighted by atomic mass is 9.93. The highest BCUT2D eigenvalue weighted by Crippen LogP contribution is 2.37. The van der Waals surface area contributed by atoms with Gasteiger partial charge in [0.2, 0.25) is 0 Å². The molecule has 1 aliphatic heterocycles. The average Bonchev–Trinajstić information content (AvgIpc) is 2.92. The zero-order valence-electron chi connectivity index (χ0n) is 21.2. The topological polar surface area (TPSA) is 85.3 Å². The van der Waals surface area contributed by atoms with E-state index in [2.05, 4.69) is 27.2 Å². The Morgan fingerprint density at radius 2 is 1.84 bits per heavy atom. The number of halogens is 1. The third-order valence-electron chi connectivity index (χ3n) is 6.76. The summed E-state index contributed by atoms with van der Waals surface area (Å²) in [4.78, 5) is 16.5. The molecular weight excluding hydrogens is 490 g/mol. The zero-order valence-corrected chi connectivity index (χ0v) is 22.0. The van der Waals surface area contributed by atoms with E-state index >= 15 is 0 Å². The first kappa shape index (κ1) is 26.9. The van der Waals surface area contributed by atoms with Crippen LogP contribution in [0.1, 0.15) is 34.5 Å². The SMILES string of the molecule is CNC(=O)c1ccc([C@](C)(O)CN2CCN(c3ccc(OCCO)cc3Cl)C(c3ccccc3)C2)cc1. The summed E-state index contributed by atoms with van der Waals surface area (Å²) in [6, 6.07) is 23.1. The van der Waals surface area contributed by atoms with Gasteiger partial charge in [-0.15, -0.1) is 0 Å². The maximum Gasteiger partial charge on any atom is 0.251 e. The van der Waals surface area contributed by atoms with Crippen LogP contribution in [0.5, 0.6) is 5.75 Å². The Balaban J connectivity index is 1.54. The number of carbonyl (C=O) groups is 1. The predicted octanol–water partition coefficient (Wildman–Crippen LogP) is 3.84. The highest BCUT2D eigenvalue weighted by Gasteiger charge is 2.34. The van der Waals surface area contributed by atoms with Crippen molar-refractivity contribution in [1.29, 1.82) is 0 Å². The summed E-state index contributed by atoms with van der Waals surface area (Å²) < 4.78 is 5.52. The van der Waals surface area contributed by atoms with Crippen LogP contribution in [0.4, 0.5) is 5.69 Å². The summed E-state index contributed by atoms with van der Waals surface area (Å²) in [5.74, 6) is 0.468. The van der Waals surface area contributed by atoms with E-state index in [1.54, 1.807) is 25.2 Å². The van der Waals surface area contributed by atoms with Crippen molar-refractivity contribution in [2.24, 2.45) is 0 Å². The molecule has 1 saturated heterocycles. The zero-order chi connectivity index (χ0) is 26.4. The van der Waals surface area contributed by atoms with E-state index in [4.69, 9.17) is 21.4 Å². The van der Waals surface area contributed by atoms with Gasteiger partial charge in [0.15, 0.2) is 0 Å². The molecule has 0 radical (unpaired) electrons. The minimum atomic E-state index is -1.09. The number of carbonyl (C=O) groups excluding carboxylic acids is 1. The highest BCUT2D eigenvalue weighted by atomic mass is 35.5. The van der Waals surface area contributed by atoms with Crippen LogP contribution in [0.25, 0.3) is 0 Å². The van der Waals surface area contributed by atoms with Crippen LogP contribution < -0.4 is 15.0 Å². The smallest absolute Gasteiger partial charge is 0.251 e. The van der Waals surface area contributed by atoms with Crippen molar-refractivity contribution >= 4 is 23.2 Å². The Kier molecular flexibility index (Phi) is 8.71. The number of aliphatic hydroxyl groups is 2. The van der Waals surface area contributed by atoms with Gasteiger partial charge in [0.1, 0.15) is 12.4 Å². The highest BCUT2D eigenvalue weighted by molar-refractivity contribution is 6.33. The molecule has 8 heteroatoms. The molecule has 1 unspecified atom stereocenters. The molecule has 3 N–H and O–H groups in total. The predicted molar refractivity (Wildman–Crippen MR) is 146 cm³/mol. The number of anilines is 1. The average molecular weight is 524 g/mol. The molecule has 4 rings (SSSR count). The normalized spacial score (nSPS) is 17.8. The van der Waals surface area contributed by atoms with Crippen molar-refractivity contribution in [3.8, 4) is 5.75 Å². The number of hydrogen-bond acceptors (Lipinski definition) is 6. The molecule has 7 nitrogen and oxygen atoms in total. The third-order valence-corrected chi connectivity index (χ3v) is 7.07. The summed E-state index contributed by atoms with van der Waals surface area (Å²) in [5, 5.41) is 23.6. The van der Waals surface area contributed by atoms with Crippen molar-refractivity contribution in [1.82, 2.24) is 10.2 Å². The van der Waals surface area contributed by atoms with Crippen LogP contribution in [0.15, 0.2) is 72.8 Å². The summed E-state index contributed by atoms with van der Waals surface area (Å²) in [6.45, 7) is 4.60. The maximum absolute atomic E-state index is 11.9. The quantitative estimate of drug-likeness (QED) is 0.395. The van der Waals surface area contributed by atoms with Gasteiger partial charge in [-0.3, -0.25) is 9.69 Å². The largest absolute Gasteiger partial charge is 0.491 e. The second kappa shape index (κ2) is 12.0. The third kappa shape index (κ3) is 6.43. The van der Waals surface area contributed by atoms with Gasteiger partial charge >= 0.3 is 0 Å². The Morgan fingerprint density at radius 1 is 1.11 bits per heavy atom. The standard InChI is InChI=1S/C29H34ClN3O4/c1-29(36,23-10-8-22(9-11-23)28(35)31-2)20-32-14-15-33(27(19-32)21-6-4-3-5-7-21)26-13-12-24(18-25(26)30)37-17-16-34/h3-13,18,27,34,36H,14-17,19-20H2,1-2H3,(H,31,35)/t27?,29-/m1/s1. The molecule has 1 aliphatic rings. The summed E-state index contributed by atoms with van der Waals surface area (Å²) >= 11 is 6.70. The van der Waals surface area contributed by atoms with E-state index in [1.165, 1.54) is 5.56 Å². The molecule has 196 valence electrons. The molecule has 0 spiro atoms. The van der Waals surface area contributed by atoms with Crippen LogP contribution in [0.3, 0.4) is 0 Å². The fourth-order valence-electron chi connectivity index (χ4n) is 4.86. The molecule has 0 bridgehead atoms. The molecular formula is C29H34ClN3O4. The number of rotatable bonds is 9. The number of ether oxygens (including phenoxy) is 1. The first-order chi connectivity index (χ1) is 17.8. The number of β-amino-alcohol motifs (C(OH)–C–C–N with tert-alkyl or cyclic N) is 1. The monoisotopic (exact) mass is 523 g/mol. The van der Waals surface area contributed by atoms with Crippen LogP contribution in [-0.2, 0) is 5.60 Å². The lowest BCUT2D eigenvalue weighted by Crippen LogP contribution is -2.52. The first-order valence-electron chi connectivity index (χ1n) is 12.4. The molecule has 1 fully saturated rings. The second-order valence-corrected chi connectivity index (χ2v) is 9.88. The van der Waals surface area contributed by atoms with E-state index in [0.29, 0.717) is 29.4 Å². The molecule has 3 aromatic carbocycles. The van der Waals surface area contributed by atoms with Crippen molar-refractivity contribution in [3.05, 3.63) is 94.5 Å². The van der Waals surface area contributed by atoms with Crippen molar-refractivity contribution in [2.75, 3.05) is 51.3 Å². The number of amides is 1. The minimum absolute atomic E-state index is 0.0306.